The molecule has 1 aliphatic heterocycles. The number of unbranched alkanes of at least 4 members (excludes halogenated alkanes) is 3. The maximum atomic E-state index is 12.9. The first kappa shape index (κ1) is 23.2. The lowest BCUT2D eigenvalue weighted by Gasteiger charge is -2.36. The molecule has 0 bridgehead atoms. The summed E-state index contributed by atoms with van der Waals surface area (Å²) in [5.74, 6) is 0.137. The van der Waals surface area contributed by atoms with Crippen LogP contribution in [-0.4, -0.2) is 52.9 Å². The van der Waals surface area contributed by atoms with E-state index in [9.17, 15) is 19.7 Å². The smallest absolute Gasteiger partial charge is 0.282 e. The minimum absolute atomic E-state index is 0.0817. The van der Waals surface area contributed by atoms with Gasteiger partial charge >= 0.3 is 0 Å². The van der Waals surface area contributed by atoms with Gasteiger partial charge in [0.25, 0.3) is 17.5 Å². The average molecular weight is 440 g/mol. The van der Waals surface area contributed by atoms with Crippen LogP contribution in [0.2, 0.25) is 0 Å². The molecule has 0 unspecified atom stereocenters. The first-order valence-corrected chi connectivity index (χ1v) is 11.0. The van der Waals surface area contributed by atoms with Crippen molar-refractivity contribution in [1.29, 1.82) is 0 Å². The quantitative estimate of drug-likeness (QED) is 0.363. The maximum Gasteiger partial charge on any atom is 0.282 e. The van der Waals surface area contributed by atoms with E-state index in [0.717, 1.165) is 19.3 Å². The molecular formula is C23H29N5O4. The van der Waals surface area contributed by atoms with Crippen molar-refractivity contribution in [3.05, 3.63) is 63.8 Å². The average Bonchev–Trinajstić information content (AvgIpc) is 2.83. The number of hydrogen-bond donors (Lipinski definition) is 1. The van der Waals surface area contributed by atoms with Gasteiger partial charge in [-0.1, -0.05) is 38.3 Å². The van der Waals surface area contributed by atoms with Crippen LogP contribution in [0.5, 0.6) is 0 Å². The van der Waals surface area contributed by atoms with Crippen molar-refractivity contribution in [3.63, 3.8) is 0 Å². The van der Waals surface area contributed by atoms with E-state index >= 15 is 0 Å². The van der Waals surface area contributed by atoms with E-state index in [2.05, 4.69) is 17.2 Å². The van der Waals surface area contributed by atoms with E-state index in [1.54, 1.807) is 35.4 Å². The van der Waals surface area contributed by atoms with E-state index in [1.807, 2.05) is 4.90 Å². The van der Waals surface area contributed by atoms with Gasteiger partial charge in [-0.3, -0.25) is 19.7 Å². The molecule has 32 heavy (non-hydrogen) atoms. The predicted molar refractivity (Wildman–Crippen MR) is 122 cm³/mol. The molecule has 1 saturated heterocycles. The molecule has 1 aromatic heterocycles. The summed E-state index contributed by atoms with van der Waals surface area (Å²) in [5.41, 5.74) is 0.380. The number of carbonyl (C=O) groups excluding carboxylic acids is 2. The summed E-state index contributed by atoms with van der Waals surface area (Å²) in [6.45, 7) is 4.29. The molecule has 1 aliphatic rings. The number of para-hydroxylation sites is 1. The molecule has 0 aliphatic carbocycles. The largest absolute Gasteiger partial charge is 0.352 e. The molecule has 1 aromatic carbocycles. The number of nitrogens with zero attached hydrogens (tertiary/aromatic N) is 4. The zero-order valence-corrected chi connectivity index (χ0v) is 18.3. The van der Waals surface area contributed by atoms with E-state index < -0.39 is 4.92 Å². The molecule has 9 nitrogen and oxygen atoms in total. The summed E-state index contributed by atoms with van der Waals surface area (Å²) in [6, 6.07) is 9.48. The Labute approximate surface area is 187 Å². The molecule has 9 heteroatoms. The number of anilines is 1. The topological polar surface area (TPSA) is 109 Å². The summed E-state index contributed by atoms with van der Waals surface area (Å²) in [5, 5.41) is 14.2. The molecule has 2 aromatic rings. The van der Waals surface area contributed by atoms with Gasteiger partial charge in [0.2, 0.25) is 0 Å². The summed E-state index contributed by atoms with van der Waals surface area (Å²) < 4.78 is 0. The van der Waals surface area contributed by atoms with E-state index in [0.29, 0.717) is 37.4 Å². The third kappa shape index (κ3) is 5.81. The van der Waals surface area contributed by atoms with Crippen LogP contribution < -0.4 is 10.2 Å². The minimum atomic E-state index is -0.538. The number of benzene rings is 1. The first-order valence-electron chi connectivity index (χ1n) is 11.0. The number of nitrogens with one attached hydrogen (secondary N) is 1. The SMILES string of the molecule is CCCCCCNC(=O)c1ccc(N2CCCN(C(=O)c3ccccc3[N+](=O)[O-])C2)nc1. The molecule has 0 spiro atoms. The van der Waals surface area contributed by atoms with Crippen LogP contribution >= 0.6 is 0 Å². The van der Waals surface area contributed by atoms with Gasteiger partial charge in [0.15, 0.2) is 0 Å². The number of hydrogen-bond acceptors (Lipinski definition) is 6. The minimum Gasteiger partial charge on any atom is -0.352 e. The standard InChI is InChI=1S/C23H29N5O4/c1-2-3-4-7-13-24-22(29)18-11-12-21(25-16-18)26-14-8-15-27(17-26)23(30)19-9-5-6-10-20(19)28(31)32/h5-6,9-12,16H,2-4,7-8,13-15,17H2,1H3,(H,24,29). The molecule has 0 saturated carbocycles. The van der Waals surface area contributed by atoms with Gasteiger partial charge in [-0.25, -0.2) is 4.98 Å². The fourth-order valence-electron chi connectivity index (χ4n) is 3.70. The lowest BCUT2D eigenvalue weighted by molar-refractivity contribution is -0.385. The molecule has 0 atom stereocenters. The van der Waals surface area contributed by atoms with Gasteiger partial charge in [-0.05, 0) is 31.0 Å². The van der Waals surface area contributed by atoms with E-state index in [1.165, 1.54) is 18.6 Å². The Hall–Kier alpha value is -3.49. The van der Waals surface area contributed by atoms with Crippen LogP contribution in [-0.2, 0) is 0 Å². The van der Waals surface area contributed by atoms with Gasteiger partial charge < -0.3 is 15.1 Å². The Morgan fingerprint density at radius 3 is 2.66 bits per heavy atom. The molecular weight excluding hydrogens is 410 g/mol. The summed E-state index contributed by atoms with van der Waals surface area (Å²) in [7, 11) is 0. The Balaban J connectivity index is 1.61. The summed E-state index contributed by atoms with van der Waals surface area (Å²) >= 11 is 0. The fourth-order valence-corrected chi connectivity index (χ4v) is 3.70. The zero-order valence-electron chi connectivity index (χ0n) is 18.3. The predicted octanol–water partition coefficient (Wildman–Crippen LogP) is 3.61. The Morgan fingerprint density at radius 2 is 1.94 bits per heavy atom. The van der Waals surface area contributed by atoms with E-state index in [4.69, 9.17) is 0 Å². The highest BCUT2D eigenvalue weighted by atomic mass is 16.6. The molecule has 1 fully saturated rings. The number of nitro benzene ring substituents is 1. The number of amides is 2. The number of pyridine rings is 1. The van der Waals surface area contributed by atoms with Crippen molar-refractivity contribution in [2.45, 2.75) is 39.0 Å². The van der Waals surface area contributed by atoms with Crippen LogP contribution in [0.25, 0.3) is 0 Å². The van der Waals surface area contributed by atoms with Gasteiger partial charge in [0.05, 0.1) is 17.2 Å². The van der Waals surface area contributed by atoms with Gasteiger partial charge in [0.1, 0.15) is 11.4 Å². The number of nitro groups is 1. The highest BCUT2D eigenvalue weighted by molar-refractivity contribution is 5.98. The van der Waals surface area contributed by atoms with Crippen LogP contribution in [0.1, 0.15) is 59.7 Å². The molecule has 1 N–H and O–H groups in total. The summed E-state index contributed by atoms with van der Waals surface area (Å²) in [4.78, 5) is 43.9. The highest BCUT2D eigenvalue weighted by Gasteiger charge is 2.28. The van der Waals surface area contributed by atoms with Crippen LogP contribution in [0, 0.1) is 10.1 Å². The highest BCUT2D eigenvalue weighted by Crippen LogP contribution is 2.22. The van der Waals surface area contributed by atoms with Gasteiger partial charge in [-0.2, -0.15) is 0 Å². The van der Waals surface area contributed by atoms with Crippen molar-refractivity contribution in [2.75, 3.05) is 31.2 Å². The first-order chi connectivity index (χ1) is 15.5. The maximum absolute atomic E-state index is 12.9. The number of aromatic nitrogens is 1. The zero-order chi connectivity index (χ0) is 22.9. The van der Waals surface area contributed by atoms with Gasteiger partial charge in [0, 0.05) is 31.9 Å². The van der Waals surface area contributed by atoms with Crippen molar-refractivity contribution in [2.24, 2.45) is 0 Å². The Bertz CT molecular complexity index is 948. The third-order valence-electron chi connectivity index (χ3n) is 5.47. The Morgan fingerprint density at radius 1 is 1.12 bits per heavy atom. The lowest BCUT2D eigenvalue weighted by atomic mass is 10.1. The van der Waals surface area contributed by atoms with Crippen LogP contribution in [0.3, 0.4) is 0 Å². The third-order valence-corrected chi connectivity index (χ3v) is 5.47. The van der Waals surface area contributed by atoms with Crippen LogP contribution in [0.15, 0.2) is 42.6 Å². The van der Waals surface area contributed by atoms with Crippen molar-refractivity contribution >= 4 is 23.3 Å². The second kappa shape index (κ2) is 11.2. The molecule has 170 valence electrons. The molecule has 3 rings (SSSR count). The number of carbonyl (C=O) groups is 2. The molecule has 2 heterocycles. The molecule has 2 amide bonds. The van der Waals surface area contributed by atoms with Crippen molar-refractivity contribution in [1.82, 2.24) is 15.2 Å². The van der Waals surface area contributed by atoms with Crippen molar-refractivity contribution in [3.8, 4) is 0 Å². The van der Waals surface area contributed by atoms with Crippen molar-refractivity contribution < 1.29 is 14.5 Å². The fraction of sp³-hybridized carbons (Fsp3) is 0.435. The second-order valence-electron chi connectivity index (χ2n) is 7.82. The lowest BCUT2D eigenvalue weighted by Crippen LogP contribution is -2.48. The van der Waals surface area contributed by atoms with Gasteiger partial charge in [-0.15, -0.1) is 0 Å². The monoisotopic (exact) mass is 439 g/mol. The van der Waals surface area contributed by atoms with E-state index in [-0.39, 0.29) is 29.7 Å². The Kier molecular flexibility index (Phi) is 8.13. The van der Waals surface area contributed by atoms with Crippen LogP contribution in [0.4, 0.5) is 11.5 Å². The second-order valence-corrected chi connectivity index (χ2v) is 7.82. The number of rotatable bonds is 9. The normalized spacial score (nSPS) is 13.7. The molecule has 0 radical (unpaired) electrons. The summed E-state index contributed by atoms with van der Waals surface area (Å²) in [6.07, 6.45) is 6.64.